The van der Waals surface area contributed by atoms with Crippen molar-refractivity contribution in [3.05, 3.63) is 46.2 Å². The number of nitrogens with zero attached hydrogens (tertiary/aromatic N) is 2. The second-order valence-corrected chi connectivity index (χ2v) is 8.10. The van der Waals surface area contributed by atoms with Gasteiger partial charge in [0.2, 0.25) is 12.7 Å². The summed E-state index contributed by atoms with van der Waals surface area (Å²) in [4.78, 5) is 18.5. The summed E-state index contributed by atoms with van der Waals surface area (Å²) in [5, 5.41) is 2.02. The van der Waals surface area contributed by atoms with Gasteiger partial charge >= 0.3 is 0 Å². The average molecular weight is 403 g/mol. The van der Waals surface area contributed by atoms with Crippen molar-refractivity contribution < 1.29 is 19.0 Å². The number of thiophene rings is 1. The van der Waals surface area contributed by atoms with Crippen LogP contribution in [0.1, 0.15) is 16.9 Å². The minimum atomic E-state index is 0.169. The number of fused-ring (bicyclic) bond motifs is 1. The summed E-state index contributed by atoms with van der Waals surface area (Å²) >= 11 is 1.63. The fraction of sp³-hybridized carbons (Fsp3) is 0.476. The fourth-order valence-electron chi connectivity index (χ4n) is 3.54. The molecule has 4 rings (SSSR count). The van der Waals surface area contributed by atoms with Crippen LogP contribution in [0.15, 0.2) is 35.7 Å². The van der Waals surface area contributed by atoms with Crippen LogP contribution in [0.5, 0.6) is 11.5 Å². The zero-order chi connectivity index (χ0) is 19.2. The number of morpholine rings is 1. The Hall–Kier alpha value is -2.09. The van der Waals surface area contributed by atoms with E-state index in [0.717, 1.165) is 67.8 Å². The van der Waals surface area contributed by atoms with Gasteiger partial charge in [-0.1, -0.05) is 12.1 Å². The lowest BCUT2D eigenvalue weighted by molar-refractivity contribution is -0.131. The first-order valence-electron chi connectivity index (χ1n) is 9.77. The lowest BCUT2D eigenvalue weighted by Crippen LogP contribution is -2.39. The number of benzene rings is 1. The zero-order valence-corrected chi connectivity index (χ0v) is 16.8. The van der Waals surface area contributed by atoms with Crippen molar-refractivity contribution >= 4 is 17.2 Å². The minimum Gasteiger partial charge on any atom is -0.454 e. The minimum absolute atomic E-state index is 0.169. The number of ether oxygens (including phenoxy) is 3. The maximum absolute atomic E-state index is 13.0. The number of hydrogen-bond donors (Lipinski definition) is 0. The normalized spacial score (nSPS) is 16.3. The molecule has 0 atom stereocenters. The van der Waals surface area contributed by atoms with Gasteiger partial charge in [-0.3, -0.25) is 9.69 Å². The third kappa shape index (κ3) is 5.04. The van der Waals surface area contributed by atoms with E-state index in [1.165, 1.54) is 0 Å². The zero-order valence-electron chi connectivity index (χ0n) is 16.0. The van der Waals surface area contributed by atoms with Crippen LogP contribution in [0.3, 0.4) is 0 Å². The van der Waals surface area contributed by atoms with E-state index in [1.807, 2.05) is 40.6 Å². The molecule has 0 aliphatic carbocycles. The highest BCUT2D eigenvalue weighted by molar-refractivity contribution is 7.10. The number of rotatable bonds is 8. The number of hydrogen-bond acceptors (Lipinski definition) is 6. The van der Waals surface area contributed by atoms with Crippen molar-refractivity contribution in [1.82, 2.24) is 9.80 Å². The van der Waals surface area contributed by atoms with Gasteiger partial charge in [-0.15, -0.1) is 11.3 Å². The first-order chi connectivity index (χ1) is 13.8. The van der Waals surface area contributed by atoms with Crippen molar-refractivity contribution in [2.75, 3.05) is 46.2 Å². The quantitative estimate of drug-likeness (QED) is 0.680. The Labute approximate surface area is 169 Å². The molecule has 0 spiro atoms. The van der Waals surface area contributed by atoms with Gasteiger partial charge in [0.05, 0.1) is 19.6 Å². The summed E-state index contributed by atoms with van der Waals surface area (Å²) in [5.74, 6) is 1.70. The average Bonchev–Trinajstić information content (AvgIpc) is 3.39. The maximum atomic E-state index is 13.0. The van der Waals surface area contributed by atoms with Crippen LogP contribution in [-0.4, -0.2) is 61.9 Å². The van der Waals surface area contributed by atoms with Gasteiger partial charge < -0.3 is 19.1 Å². The van der Waals surface area contributed by atoms with Gasteiger partial charge in [-0.2, -0.15) is 0 Å². The molecular formula is C21H26N2O4S. The summed E-state index contributed by atoms with van der Waals surface area (Å²) in [7, 11) is 0. The molecule has 0 unspecified atom stereocenters. The van der Waals surface area contributed by atoms with E-state index < -0.39 is 0 Å². The molecule has 0 saturated carbocycles. The van der Waals surface area contributed by atoms with Crippen molar-refractivity contribution in [3.8, 4) is 11.5 Å². The molecule has 0 N–H and O–H groups in total. The third-order valence-electron chi connectivity index (χ3n) is 5.07. The molecule has 2 aliphatic rings. The number of carbonyl (C=O) groups excluding carboxylic acids is 1. The summed E-state index contributed by atoms with van der Waals surface area (Å²) < 4.78 is 16.3. The second kappa shape index (κ2) is 9.41. The van der Waals surface area contributed by atoms with Crippen LogP contribution in [0.4, 0.5) is 0 Å². The van der Waals surface area contributed by atoms with Gasteiger partial charge in [-0.25, -0.2) is 0 Å². The van der Waals surface area contributed by atoms with E-state index in [-0.39, 0.29) is 12.7 Å². The van der Waals surface area contributed by atoms with E-state index in [1.54, 1.807) is 11.3 Å². The summed E-state index contributed by atoms with van der Waals surface area (Å²) in [5.41, 5.74) is 1.06. The fourth-order valence-corrected chi connectivity index (χ4v) is 4.23. The highest BCUT2D eigenvalue weighted by atomic mass is 32.1. The van der Waals surface area contributed by atoms with E-state index in [2.05, 4.69) is 4.90 Å². The molecular weight excluding hydrogens is 376 g/mol. The predicted molar refractivity (Wildman–Crippen MR) is 108 cm³/mol. The number of carbonyl (C=O) groups is 1. The predicted octanol–water partition coefficient (Wildman–Crippen LogP) is 2.77. The van der Waals surface area contributed by atoms with Crippen molar-refractivity contribution in [2.24, 2.45) is 0 Å². The van der Waals surface area contributed by atoms with E-state index in [0.29, 0.717) is 13.0 Å². The molecule has 1 amide bonds. The molecule has 1 aromatic heterocycles. The highest BCUT2D eigenvalue weighted by Gasteiger charge is 2.19. The molecule has 1 saturated heterocycles. The van der Waals surface area contributed by atoms with Gasteiger partial charge in [0.25, 0.3) is 0 Å². The van der Waals surface area contributed by atoms with Crippen LogP contribution < -0.4 is 9.47 Å². The SMILES string of the molecule is O=C(Cc1cccs1)N(CCCN1CCOCC1)Cc1ccc2c(c1)OCO2. The van der Waals surface area contributed by atoms with Crippen LogP contribution in [-0.2, 0) is 22.5 Å². The standard InChI is InChI=1S/C21H26N2O4S/c24-21(14-18-3-1-12-28-18)23(7-2-6-22-8-10-25-11-9-22)15-17-4-5-19-20(13-17)27-16-26-19/h1,3-5,12-13H,2,6-11,14-16H2. The molecule has 0 radical (unpaired) electrons. The Morgan fingerprint density at radius 1 is 1.14 bits per heavy atom. The Bertz CT molecular complexity index is 775. The topological polar surface area (TPSA) is 51.2 Å². The lowest BCUT2D eigenvalue weighted by Gasteiger charge is -2.28. The second-order valence-electron chi connectivity index (χ2n) is 7.07. The van der Waals surface area contributed by atoms with E-state index in [9.17, 15) is 4.79 Å². The molecule has 2 aromatic rings. The Balaban J connectivity index is 1.38. The van der Waals surface area contributed by atoms with Gasteiger partial charge in [-0.05, 0) is 35.6 Å². The molecule has 3 heterocycles. The smallest absolute Gasteiger partial charge is 0.231 e. The highest BCUT2D eigenvalue weighted by Crippen LogP contribution is 2.32. The summed E-state index contributed by atoms with van der Waals surface area (Å²) in [6.07, 6.45) is 1.42. The molecule has 150 valence electrons. The molecule has 6 nitrogen and oxygen atoms in total. The van der Waals surface area contributed by atoms with Crippen LogP contribution in [0.25, 0.3) is 0 Å². The lowest BCUT2D eigenvalue weighted by atomic mass is 10.1. The molecule has 1 aromatic carbocycles. The summed E-state index contributed by atoms with van der Waals surface area (Å²) in [6.45, 7) is 6.15. The van der Waals surface area contributed by atoms with Gasteiger partial charge in [0.15, 0.2) is 11.5 Å². The van der Waals surface area contributed by atoms with Crippen molar-refractivity contribution in [3.63, 3.8) is 0 Å². The van der Waals surface area contributed by atoms with Crippen LogP contribution in [0.2, 0.25) is 0 Å². The van der Waals surface area contributed by atoms with Crippen molar-refractivity contribution in [2.45, 2.75) is 19.4 Å². The third-order valence-corrected chi connectivity index (χ3v) is 5.95. The summed E-state index contributed by atoms with van der Waals surface area (Å²) in [6, 6.07) is 9.94. The van der Waals surface area contributed by atoms with Gasteiger partial charge in [0.1, 0.15) is 0 Å². The molecule has 7 heteroatoms. The van der Waals surface area contributed by atoms with E-state index in [4.69, 9.17) is 14.2 Å². The Morgan fingerprint density at radius 2 is 2.00 bits per heavy atom. The molecule has 0 bridgehead atoms. The van der Waals surface area contributed by atoms with E-state index >= 15 is 0 Å². The van der Waals surface area contributed by atoms with Crippen LogP contribution >= 0.6 is 11.3 Å². The Morgan fingerprint density at radius 3 is 2.82 bits per heavy atom. The molecule has 1 fully saturated rings. The monoisotopic (exact) mass is 402 g/mol. The first kappa shape index (κ1) is 19.2. The molecule has 2 aliphatic heterocycles. The maximum Gasteiger partial charge on any atom is 0.231 e. The van der Waals surface area contributed by atoms with Gasteiger partial charge in [0, 0.05) is 37.6 Å². The first-order valence-corrected chi connectivity index (χ1v) is 10.6. The van der Waals surface area contributed by atoms with Crippen molar-refractivity contribution in [1.29, 1.82) is 0 Å². The van der Waals surface area contributed by atoms with Crippen LogP contribution in [0, 0.1) is 0 Å². The largest absolute Gasteiger partial charge is 0.454 e. The Kier molecular flexibility index (Phi) is 6.46. The number of amides is 1. The molecule has 28 heavy (non-hydrogen) atoms.